The van der Waals surface area contributed by atoms with Gasteiger partial charge in [-0.05, 0) is 30.4 Å². The number of carbonyl (C=O) groups excluding carboxylic acids is 2. The summed E-state index contributed by atoms with van der Waals surface area (Å²) in [6.45, 7) is 1.79. The van der Waals surface area contributed by atoms with E-state index in [1.807, 2.05) is 30.3 Å². The van der Waals surface area contributed by atoms with Gasteiger partial charge in [-0.25, -0.2) is 4.79 Å². The largest absolute Gasteiger partial charge is 0.464 e. The second-order valence-corrected chi connectivity index (χ2v) is 5.41. The number of fused-ring (bicyclic) bond motifs is 1. The van der Waals surface area contributed by atoms with Crippen LogP contribution in [0.5, 0.6) is 0 Å². The van der Waals surface area contributed by atoms with E-state index < -0.39 is 5.97 Å². The van der Waals surface area contributed by atoms with Gasteiger partial charge in [0.1, 0.15) is 5.69 Å². The van der Waals surface area contributed by atoms with Crippen LogP contribution in [0.15, 0.2) is 30.3 Å². The van der Waals surface area contributed by atoms with E-state index in [0.29, 0.717) is 23.2 Å². The SMILES string of the molecule is COC(=O)c1[nH]c2c(c1C)C(=O)C[C@H](c1ccccc1)C2. The van der Waals surface area contributed by atoms with Crippen LogP contribution in [0, 0.1) is 6.92 Å². The second kappa shape index (κ2) is 5.20. The molecule has 0 radical (unpaired) electrons. The number of hydrogen-bond donors (Lipinski definition) is 1. The van der Waals surface area contributed by atoms with Gasteiger partial charge in [0, 0.05) is 17.7 Å². The molecule has 2 aromatic rings. The molecule has 0 aliphatic heterocycles. The minimum absolute atomic E-state index is 0.0917. The van der Waals surface area contributed by atoms with Crippen molar-refractivity contribution in [3.05, 3.63) is 58.4 Å². The number of esters is 1. The van der Waals surface area contributed by atoms with E-state index in [4.69, 9.17) is 4.74 Å². The maximum Gasteiger partial charge on any atom is 0.354 e. The van der Waals surface area contributed by atoms with Crippen molar-refractivity contribution in [2.45, 2.75) is 25.7 Å². The quantitative estimate of drug-likeness (QED) is 0.862. The monoisotopic (exact) mass is 283 g/mol. The Balaban J connectivity index is 1.99. The van der Waals surface area contributed by atoms with Gasteiger partial charge in [-0.1, -0.05) is 30.3 Å². The van der Waals surface area contributed by atoms with Gasteiger partial charge in [0.15, 0.2) is 5.78 Å². The van der Waals surface area contributed by atoms with Crippen LogP contribution in [0.3, 0.4) is 0 Å². The normalized spacial score (nSPS) is 17.4. The van der Waals surface area contributed by atoms with Crippen molar-refractivity contribution in [3.63, 3.8) is 0 Å². The number of ketones is 1. The Hall–Kier alpha value is -2.36. The van der Waals surface area contributed by atoms with Crippen molar-refractivity contribution >= 4 is 11.8 Å². The number of Topliss-reactive ketones (excluding diaryl/α,β-unsaturated/α-hetero) is 1. The average Bonchev–Trinajstić information content (AvgIpc) is 2.85. The third-order valence-electron chi connectivity index (χ3n) is 4.15. The van der Waals surface area contributed by atoms with Gasteiger partial charge in [-0.15, -0.1) is 0 Å². The van der Waals surface area contributed by atoms with Gasteiger partial charge in [0.05, 0.1) is 7.11 Å². The number of hydrogen-bond acceptors (Lipinski definition) is 3. The summed E-state index contributed by atoms with van der Waals surface area (Å²) < 4.78 is 4.76. The van der Waals surface area contributed by atoms with Crippen LogP contribution >= 0.6 is 0 Å². The number of aromatic nitrogens is 1. The summed E-state index contributed by atoms with van der Waals surface area (Å²) >= 11 is 0. The Morgan fingerprint density at radius 2 is 1.95 bits per heavy atom. The van der Waals surface area contributed by atoms with E-state index in [2.05, 4.69) is 4.98 Å². The lowest BCUT2D eigenvalue weighted by Gasteiger charge is -2.22. The van der Waals surface area contributed by atoms with Crippen molar-refractivity contribution in [1.82, 2.24) is 4.98 Å². The number of rotatable bonds is 2. The summed E-state index contributed by atoms with van der Waals surface area (Å²) in [7, 11) is 1.34. The zero-order valence-corrected chi connectivity index (χ0v) is 12.1. The molecule has 0 saturated carbocycles. The fourth-order valence-electron chi connectivity index (χ4n) is 3.10. The molecule has 0 fully saturated rings. The molecule has 1 aromatic heterocycles. The summed E-state index contributed by atoms with van der Waals surface area (Å²) in [5.74, 6) is -0.172. The summed E-state index contributed by atoms with van der Waals surface area (Å²) in [6.07, 6.45) is 1.22. The first-order chi connectivity index (χ1) is 10.1. The first-order valence-electron chi connectivity index (χ1n) is 6.99. The van der Waals surface area contributed by atoms with Crippen molar-refractivity contribution in [3.8, 4) is 0 Å². The number of methoxy groups -OCH3 is 1. The lowest BCUT2D eigenvalue weighted by molar-refractivity contribution is 0.0593. The van der Waals surface area contributed by atoms with Crippen molar-refractivity contribution in [2.24, 2.45) is 0 Å². The molecule has 1 atom stereocenters. The molecule has 0 amide bonds. The number of carbonyl (C=O) groups is 2. The summed E-state index contributed by atoms with van der Waals surface area (Å²) in [5.41, 5.74) is 3.77. The van der Waals surface area contributed by atoms with Crippen LogP contribution in [0.4, 0.5) is 0 Å². The molecule has 3 rings (SSSR count). The van der Waals surface area contributed by atoms with E-state index in [-0.39, 0.29) is 11.7 Å². The Morgan fingerprint density at radius 1 is 1.24 bits per heavy atom. The van der Waals surface area contributed by atoms with E-state index >= 15 is 0 Å². The summed E-state index contributed by atoms with van der Waals surface area (Å²) in [5, 5.41) is 0. The Bertz CT molecular complexity index is 700. The van der Waals surface area contributed by atoms with Gasteiger partial charge in [-0.3, -0.25) is 4.79 Å². The Morgan fingerprint density at radius 3 is 2.62 bits per heavy atom. The van der Waals surface area contributed by atoms with Crippen molar-refractivity contribution in [2.75, 3.05) is 7.11 Å². The first-order valence-corrected chi connectivity index (χ1v) is 6.99. The minimum Gasteiger partial charge on any atom is -0.464 e. The number of H-pyrrole nitrogens is 1. The van der Waals surface area contributed by atoms with Gasteiger partial charge in [-0.2, -0.15) is 0 Å². The molecule has 1 aliphatic rings. The van der Waals surface area contributed by atoms with Crippen LogP contribution in [0.1, 0.15) is 50.0 Å². The standard InChI is InChI=1S/C17H17NO3/c1-10-15-13(18-16(10)17(20)21-2)8-12(9-14(15)19)11-6-4-3-5-7-11/h3-7,12,18H,8-9H2,1-2H3/t12-/m1/s1. The molecule has 0 bridgehead atoms. The van der Waals surface area contributed by atoms with Gasteiger partial charge >= 0.3 is 5.97 Å². The van der Waals surface area contributed by atoms with E-state index in [0.717, 1.165) is 17.7 Å². The summed E-state index contributed by atoms with van der Waals surface area (Å²) in [6, 6.07) is 10.0. The topological polar surface area (TPSA) is 59.2 Å². The van der Waals surface area contributed by atoms with Crippen molar-refractivity contribution in [1.29, 1.82) is 0 Å². The maximum atomic E-state index is 12.4. The molecule has 0 spiro atoms. The lowest BCUT2D eigenvalue weighted by Crippen LogP contribution is -2.18. The molecule has 0 unspecified atom stereocenters. The van der Waals surface area contributed by atoms with Gasteiger partial charge in [0.25, 0.3) is 0 Å². The molecule has 1 heterocycles. The number of nitrogens with one attached hydrogen (secondary N) is 1. The van der Waals surface area contributed by atoms with Crippen LogP contribution in [0.25, 0.3) is 0 Å². The molecule has 1 aromatic carbocycles. The first kappa shape index (κ1) is 13.6. The average molecular weight is 283 g/mol. The second-order valence-electron chi connectivity index (χ2n) is 5.41. The molecule has 21 heavy (non-hydrogen) atoms. The van der Waals surface area contributed by atoms with Gasteiger partial charge in [0.2, 0.25) is 0 Å². The molecule has 108 valence electrons. The van der Waals surface area contributed by atoms with E-state index in [9.17, 15) is 9.59 Å². The zero-order chi connectivity index (χ0) is 15.0. The fourth-order valence-corrected chi connectivity index (χ4v) is 3.10. The maximum absolute atomic E-state index is 12.4. The van der Waals surface area contributed by atoms with E-state index in [1.54, 1.807) is 6.92 Å². The molecule has 4 nitrogen and oxygen atoms in total. The molecule has 1 aliphatic carbocycles. The van der Waals surface area contributed by atoms with Crippen LogP contribution < -0.4 is 0 Å². The highest BCUT2D eigenvalue weighted by Crippen LogP contribution is 2.34. The highest BCUT2D eigenvalue weighted by molar-refractivity contribution is 6.03. The molecular weight excluding hydrogens is 266 g/mol. The highest BCUT2D eigenvalue weighted by atomic mass is 16.5. The Kier molecular flexibility index (Phi) is 3.37. The molecule has 1 N–H and O–H groups in total. The molecule has 0 saturated heterocycles. The van der Waals surface area contributed by atoms with Crippen LogP contribution in [-0.2, 0) is 11.2 Å². The predicted molar refractivity (Wildman–Crippen MR) is 78.7 cm³/mol. The number of benzene rings is 1. The molecular formula is C17H17NO3. The highest BCUT2D eigenvalue weighted by Gasteiger charge is 2.31. The third-order valence-corrected chi connectivity index (χ3v) is 4.15. The van der Waals surface area contributed by atoms with Crippen LogP contribution in [0.2, 0.25) is 0 Å². The smallest absolute Gasteiger partial charge is 0.354 e. The Labute approximate surface area is 123 Å². The third kappa shape index (κ3) is 2.27. The number of ether oxygens (including phenoxy) is 1. The lowest BCUT2D eigenvalue weighted by atomic mass is 9.81. The zero-order valence-electron chi connectivity index (χ0n) is 12.1. The van der Waals surface area contributed by atoms with Gasteiger partial charge < -0.3 is 9.72 Å². The van der Waals surface area contributed by atoms with Crippen LogP contribution in [-0.4, -0.2) is 23.8 Å². The number of aromatic amines is 1. The predicted octanol–water partition coefficient (Wildman–Crippen LogP) is 3.02. The van der Waals surface area contributed by atoms with E-state index in [1.165, 1.54) is 7.11 Å². The fraction of sp³-hybridized carbons (Fsp3) is 0.294. The molecule has 4 heteroatoms. The minimum atomic E-state index is -0.425. The van der Waals surface area contributed by atoms with Crippen molar-refractivity contribution < 1.29 is 14.3 Å². The summed E-state index contributed by atoms with van der Waals surface area (Å²) in [4.78, 5) is 27.3.